The lowest BCUT2D eigenvalue weighted by atomic mass is 9.69. The molecule has 4 heteroatoms. The fourth-order valence-electron chi connectivity index (χ4n) is 3.16. The first-order valence-corrected chi connectivity index (χ1v) is 6.58. The van der Waals surface area contributed by atoms with Crippen molar-refractivity contribution in [1.82, 2.24) is 0 Å². The van der Waals surface area contributed by atoms with Gasteiger partial charge in [-0.05, 0) is 30.9 Å². The topological polar surface area (TPSA) is 46.5 Å². The third-order valence-corrected chi connectivity index (χ3v) is 4.63. The van der Waals surface area contributed by atoms with Gasteiger partial charge in [0.25, 0.3) is 0 Å². The smallest absolute Gasteiger partial charge is 0.316 e. The Kier molecular flexibility index (Phi) is 2.52. The normalized spacial score (nSPS) is 35.1. The van der Waals surface area contributed by atoms with Gasteiger partial charge in [-0.15, -0.1) is 0 Å². The minimum atomic E-state index is -0.858. The van der Waals surface area contributed by atoms with Gasteiger partial charge in [0.2, 0.25) is 0 Å². The van der Waals surface area contributed by atoms with Crippen LogP contribution >= 0.6 is 15.9 Å². The maximum atomic E-state index is 11.8. The van der Waals surface area contributed by atoms with Crippen molar-refractivity contribution in [2.24, 2.45) is 0 Å². The van der Waals surface area contributed by atoms with Crippen molar-refractivity contribution in [3.05, 3.63) is 34.3 Å². The first-order chi connectivity index (χ1) is 8.14. The molecule has 0 aromatic heterocycles. The highest BCUT2D eigenvalue weighted by atomic mass is 79.9. The summed E-state index contributed by atoms with van der Waals surface area (Å²) in [5.74, 6) is -0.767. The summed E-state index contributed by atoms with van der Waals surface area (Å²) in [6.45, 7) is 0. The quantitative estimate of drug-likeness (QED) is 0.913. The van der Waals surface area contributed by atoms with Crippen LogP contribution in [-0.2, 0) is 14.9 Å². The zero-order valence-corrected chi connectivity index (χ0v) is 10.8. The van der Waals surface area contributed by atoms with Crippen LogP contribution in [0.5, 0.6) is 0 Å². The predicted molar refractivity (Wildman–Crippen MR) is 66.0 cm³/mol. The molecule has 3 unspecified atom stereocenters. The van der Waals surface area contributed by atoms with Crippen molar-refractivity contribution in [1.29, 1.82) is 0 Å². The van der Waals surface area contributed by atoms with Gasteiger partial charge in [-0.3, -0.25) is 4.79 Å². The van der Waals surface area contributed by atoms with Crippen molar-refractivity contribution in [2.75, 3.05) is 0 Å². The highest BCUT2D eigenvalue weighted by Gasteiger charge is 2.58. The van der Waals surface area contributed by atoms with Crippen LogP contribution in [0.3, 0.4) is 0 Å². The molecule has 3 rings (SSSR count). The second-order valence-electron chi connectivity index (χ2n) is 4.78. The molecular formula is C13H13BrO3. The molecule has 3 nitrogen and oxygen atoms in total. The molecule has 3 atom stereocenters. The minimum Gasteiger partial charge on any atom is -0.481 e. The molecule has 2 aliphatic heterocycles. The zero-order valence-electron chi connectivity index (χ0n) is 9.23. The molecule has 2 bridgehead atoms. The standard InChI is InChI=1S/C13H13BrO3/c14-10-4-2-1-3-9(10)13(12(15)16)7-8-5-6-11(13)17-8/h1-4,8,11H,5-7H2,(H,15,16). The summed E-state index contributed by atoms with van der Waals surface area (Å²) >= 11 is 3.46. The molecular weight excluding hydrogens is 284 g/mol. The van der Waals surface area contributed by atoms with Crippen LogP contribution in [0.4, 0.5) is 0 Å². The number of benzene rings is 1. The number of aliphatic carboxylic acids is 1. The van der Waals surface area contributed by atoms with Crippen LogP contribution in [0.2, 0.25) is 0 Å². The lowest BCUT2D eigenvalue weighted by molar-refractivity contribution is -0.146. The molecule has 1 N–H and O–H groups in total. The van der Waals surface area contributed by atoms with Gasteiger partial charge in [-0.25, -0.2) is 0 Å². The number of fused-ring (bicyclic) bond motifs is 2. The van der Waals surface area contributed by atoms with Crippen LogP contribution in [0.1, 0.15) is 24.8 Å². The predicted octanol–water partition coefficient (Wildman–Crippen LogP) is 2.72. The second-order valence-corrected chi connectivity index (χ2v) is 5.64. The Balaban J connectivity index is 2.14. The molecule has 2 heterocycles. The SMILES string of the molecule is O=C(O)C1(c2ccccc2Br)CC2CCC1O2. The Morgan fingerprint density at radius 2 is 2.18 bits per heavy atom. The summed E-state index contributed by atoms with van der Waals surface area (Å²) in [7, 11) is 0. The van der Waals surface area contributed by atoms with Gasteiger partial charge in [0.15, 0.2) is 0 Å². The molecule has 0 radical (unpaired) electrons. The van der Waals surface area contributed by atoms with E-state index in [1.54, 1.807) is 0 Å². The molecule has 0 aliphatic carbocycles. The third-order valence-electron chi connectivity index (χ3n) is 3.94. The van der Waals surface area contributed by atoms with E-state index in [1.807, 2.05) is 24.3 Å². The number of rotatable bonds is 2. The van der Waals surface area contributed by atoms with Gasteiger partial charge < -0.3 is 9.84 Å². The summed E-state index contributed by atoms with van der Waals surface area (Å²) in [6, 6.07) is 7.57. The van der Waals surface area contributed by atoms with E-state index < -0.39 is 11.4 Å². The highest BCUT2D eigenvalue weighted by molar-refractivity contribution is 9.10. The molecule has 1 aromatic rings. The Labute approximate surface area is 108 Å². The molecule has 1 aromatic carbocycles. The van der Waals surface area contributed by atoms with Crippen LogP contribution in [0, 0.1) is 0 Å². The van der Waals surface area contributed by atoms with Gasteiger partial charge in [0, 0.05) is 4.47 Å². The summed E-state index contributed by atoms with van der Waals surface area (Å²) in [4.78, 5) is 11.8. The number of halogens is 1. The number of ether oxygens (including phenoxy) is 1. The zero-order chi connectivity index (χ0) is 12.0. The Bertz CT molecular complexity index is 473. The van der Waals surface area contributed by atoms with Crippen LogP contribution in [-0.4, -0.2) is 23.3 Å². The lowest BCUT2D eigenvalue weighted by Gasteiger charge is -2.32. The Hall–Kier alpha value is -0.870. The van der Waals surface area contributed by atoms with Crippen LogP contribution in [0.15, 0.2) is 28.7 Å². The maximum absolute atomic E-state index is 11.8. The number of carbonyl (C=O) groups is 1. The van der Waals surface area contributed by atoms with Gasteiger partial charge >= 0.3 is 5.97 Å². The van der Waals surface area contributed by atoms with Gasteiger partial charge in [0.1, 0.15) is 5.41 Å². The molecule has 0 saturated carbocycles. The van der Waals surface area contributed by atoms with Crippen molar-refractivity contribution < 1.29 is 14.6 Å². The van der Waals surface area contributed by atoms with E-state index in [0.717, 1.165) is 22.9 Å². The Morgan fingerprint density at radius 3 is 2.71 bits per heavy atom. The van der Waals surface area contributed by atoms with E-state index in [2.05, 4.69) is 15.9 Å². The molecule has 17 heavy (non-hydrogen) atoms. The number of carboxylic acid groups (broad SMARTS) is 1. The van der Waals surface area contributed by atoms with Crippen molar-refractivity contribution in [3.8, 4) is 0 Å². The molecule has 2 saturated heterocycles. The van der Waals surface area contributed by atoms with Crippen molar-refractivity contribution in [3.63, 3.8) is 0 Å². The van der Waals surface area contributed by atoms with E-state index >= 15 is 0 Å². The average Bonchev–Trinajstić information content (AvgIpc) is 2.89. The average molecular weight is 297 g/mol. The van der Waals surface area contributed by atoms with Crippen LogP contribution in [0.25, 0.3) is 0 Å². The first-order valence-electron chi connectivity index (χ1n) is 5.78. The van der Waals surface area contributed by atoms with E-state index in [1.165, 1.54) is 0 Å². The van der Waals surface area contributed by atoms with Crippen molar-refractivity contribution in [2.45, 2.75) is 36.9 Å². The second kappa shape index (κ2) is 3.82. The minimum absolute atomic E-state index is 0.114. The third kappa shape index (κ3) is 1.47. The monoisotopic (exact) mass is 296 g/mol. The van der Waals surface area contributed by atoms with Gasteiger partial charge in [-0.2, -0.15) is 0 Å². The van der Waals surface area contributed by atoms with Crippen molar-refractivity contribution >= 4 is 21.9 Å². The fraction of sp³-hybridized carbons (Fsp3) is 0.462. The molecule has 2 fully saturated rings. The number of carboxylic acids is 1. The van der Waals surface area contributed by atoms with Gasteiger partial charge in [-0.1, -0.05) is 34.1 Å². The van der Waals surface area contributed by atoms with E-state index in [0.29, 0.717) is 6.42 Å². The largest absolute Gasteiger partial charge is 0.481 e. The summed E-state index contributed by atoms with van der Waals surface area (Å²) in [6.07, 6.45) is 2.37. The number of hydrogen-bond donors (Lipinski definition) is 1. The molecule has 2 aliphatic rings. The maximum Gasteiger partial charge on any atom is 0.316 e. The molecule has 90 valence electrons. The Morgan fingerprint density at radius 1 is 1.41 bits per heavy atom. The summed E-state index contributed by atoms with van der Waals surface area (Å²) < 4.78 is 6.62. The van der Waals surface area contributed by atoms with Gasteiger partial charge in [0.05, 0.1) is 12.2 Å². The molecule has 0 spiro atoms. The summed E-state index contributed by atoms with van der Waals surface area (Å²) in [5.41, 5.74) is -0.0112. The van der Waals surface area contributed by atoms with E-state index in [4.69, 9.17) is 4.74 Å². The summed E-state index contributed by atoms with van der Waals surface area (Å²) in [5, 5.41) is 9.66. The van der Waals surface area contributed by atoms with E-state index in [9.17, 15) is 9.90 Å². The highest BCUT2D eigenvalue weighted by Crippen LogP contribution is 2.51. The van der Waals surface area contributed by atoms with Crippen LogP contribution < -0.4 is 0 Å². The molecule has 0 amide bonds. The lowest BCUT2D eigenvalue weighted by Crippen LogP contribution is -2.44. The fourth-order valence-corrected chi connectivity index (χ4v) is 3.79. The number of hydrogen-bond acceptors (Lipinski definition) is 2. The first kappa shape index (κ1) is 11.2. The van der Waals surface area contributed by atoms with E-state index in [-0.39, 0.29) is 12.2 Å².